The van der Waals surface area contributed by atoms with E-state index in [1.165, 1.54) is 12.1 Å². The van der Waals surface area contributed by atoms with Crippen molar-refractivity contribution in [1.82, 2.24) is 0 Å². The molecule has 0 saturated heterocycles. The van der Waals surface area contributed by atoms with Gasteiger partial charge < -0.3 is 10.8 Å². The van der Waals surface area contributed by atoms with E-state index in [1.54, 1.807) is 18.2 Å². The smallest absolute Gasteiger partial charge is 0.337 e. The number of carboxylic acid groups (broad SMARTS) is 1. The first-order valence-electron chi connectivity index (χ1n) is 5.52. The fourth-order valence-electron chi connectivity index (χ4n) is 1.37. The highest BCUT2D eigenvalue weighted by Crippen LogP contribution is 2.14. The van der Waals surface area contributed by atoms with E-state index < -0.39 is 26.5 Å². The summed E-state index contributed by atoms with van der Waals surface area (Å²) >= 11 is 5.56. The van der Waals surface area contributed by atoms with Crippen molar-refractivity contribution in [1.29, 1.82) is 0 Å². The summed E-state index contributed by atoms with van der Waals surface area (Å²) in [5.41, 5.74) is 5.64. The molecule has 0 aliphatic carbocycles. The van der Waals surface area contributed by atoms with Crippen LogP contribution in [0.1, 0.15) is 10.4 Å². The van der Waals surface area contributed by atoms with E-state index in [-0.39, 0.29) is 0 Å². The van der Waals surface area contributed by atoms with Crippen molar-refractivity contribution in [3.05, 3.63) is 59.1 Å². The van der Waals surface area contributed by atoms with E-state index in [0.29, 0.717) is 10.7 Å². The minimum absolute atomic E-state index is 0.440. The number of benzene rings is 2. The maximum absolute atomic E-state index is 10.7. The van der Waals surface area contributed by atoms with Gasteiger partial charge >= 0.3 is 5.97 Å². The molecule has 2 aromatic carbocycles. The molecule has 0 atom stereocenters. The number of hydrogen-bond donors (Lipinski definition) is 3. The van der Waals surface area contributed by atoms with Gasteiger partial charge in [0.15, 0.2) is 0 Å². The summed E-state index contributed by atoms with van der Waals surface area (Å²) in [6.45, 7) is 0. The Morgan fingerprint density at radius 1 is 1.10 bits per heavy atom. The minimum atomic E-state index is -4.46. The molecule has 0 unspecified atom stereocenters. The van der Waals surface area contributed by atoms with E-state index in [1.807, 2.05) is 6.07 Å². The van der Waals surface area contributed by atoms with Crippen LogP contribution < -0.4 is 5.73 Å². The van der Waals surface area contributed by atoms with Gasteiger partial charge in [0.05, 0.1) is 5.56 Å². The van der Waals surface area contributed by atoms with Gasteiger partial charge in [0.25, 0.3) is 10.1 Å². The van der Waals surface area contributed by atoms with Gasteiger partial charge in [-0.25, -0.2) is 4.79 Å². The topological polar surface area (TPSA) is 118 Å². The first-order chi connectivity index (χ1) is 9.71. The largest absolute Gasteiger partial charge is 0.478 e. The molecule has 0 heterocycles. The van der Waals surface area contributed by atoms with Gasteiger partial charge in [-0.3, -0.25) is 4.55 Å². The molecule has 6 nitrogen and oxygen atoms in total. The molecular weight excluding hydrogens is 318 g/mol. The van der Waals surface area contributed by atoms with Crippen LogP contribution >= 0.6 is 11.6 Å². The van der Waals surface area contributed by atoms with Crippen LogP contribution in [0.25, 0.3) is 0 Å². The van der Waals surface area contributed by atoms with Crippen molar-refractivity contribution in [2.24, 2.45) is 0 Å². The van der Waals surface area contributed by atoms with Gasteiger partial charge in [-0.05, 0) is 30.3 Å². The lowest BCUT2D eigenvalue weighted by Crippen LogP contribution is -2.07. The summed E-state index contributed by atoms with van der Waals surface area (Å²) in [5, 5.41) is 9.24. The summed E-state index contributed by atoms with van der Waals surface area (Å²) in [6, 6.07) is 11.9. The molecule has 112 valence electrons. The number of hydrogen-bond acceptors (Lipinski definition) is 4. The molecule has 2 aromatic rings. The highest BCUT2D eigenvalue weighted by molar-refractivity contribution is 7.86. The molecule has 0 bridgehead atoms. The first kappa shape index (κ1) is 17.0. The number of nitrogen functional groups attached to an aromatic ring is 1. The predicted molar refractivity (Wildman–Crippen MR) is 79.1 cm³/mol. The van der Waals surface area contributed by atoms with Crippen molar-refractivity contribution in [2.75, 3.05) is 5.73 Å². The van der Waals surface area contributed by atoms with E-state index in [2.05, 4.69) is 0 Å². The van der Waals surface area contributed by atoms with Gasteiger partial charge in [0.1, 0.15) is 4.90 Å². The molecule has 0 aromatic heterocycles. The van der Waals surface area contributed by atoms with Gasteiger partial charge in [-0.1, -0.05) is 29.8 Å². The number of rotatable bonds is 2. The Kier molecular flexibility index (Phi) is 5.71. The maximum atomic E-state index is 10.7. The van der Waals surface area contributed by atoms with Crippen molar-refractivity contribution in [2.45, 2.75) is 4.90 Å². The average Bonchev–Trinajstić information content (AvgIpc) is 2.38. The van der Waals surface area contributed by atoms with E-state index in [9.17, 15) is 13.2 Å². The number of anilines is 1. The van der Waals surface area contributed by atoms with Crippen molar-refractivity contribution >= 4 is 33.4 Å². The van der Waals surface area contributed by atoms with E-state index in [0.717, 1.165) is 12.1 Å². The van der Waals surface area contributed by atoms with Crippen LogP contribution in [-0.2, 0) is 10.1 Å². The predicted octanol–water partition coefficient (Wildman–Crippen LogP) is 2.55. The minimum Gasteiger partial charge on any atom is -0.478 e. The van der Waals surface area contributed by atoms with Crippen LogP contribution in [0.5, 0.6) is 0 Å². The molecule has 0 spiro atoms. The average molecular weight is 330 g/mol. The van der Waals surface area contributed by atoms with Crippen LogP contribution in [0.4, 0.5) is 5.69 Å². The third kappa shape index (κ3) is 5.42. The number of carboxylic acids is 1. The van der Waals surface area contributed by atoms with Gasteiger partial charge in [-0.2, -0.15) is 8.42 Å². The zero-order chi connectivity index (χ0) is 16.0. The van der Waals surface area contributed by atoms with Crippen LogP contribution in [0, 0.1) is 0 Å². The standard InChI is InChI=1S/C7H6O5S.C6H6ClN/c8-7(9)5-3-1-2-4-6(5)13(10,11)12;7-5-2-1-3-6(8)4-5/h1-4H,(H,8,9)(H,10,11,12);1-4H,8H2. The summed E-state index contributed by atoms with van der Waals surface area (Å²) in [5.74, 6) is -1.40. The quantitative estimate of drug-likeness (QED) is 0.575. The first-order valence-corrected chi connectivity index (χ1v) is 7.34. The van der Waals surface area contributed by atoms with Crippen LogP contribution in [-0.4, -0.2) is 24.0 Å². The molecule has 4 N–H and O–H groups in total. The SMILES string of the molecule is Nc1cccc(Cl)c1.O=C(O)c1ccccc1S(=O)(=O)O. The molecule has 0 aliphatic heterocycles. The second-order valence-corrected chi connectivity index (χ2v) is 5.66. The second-order valence-electron chi connectivity index (χ2n) is 3.83. The summed E-state index contributed by atoms with van der Waals surface area (Å²) in [4.78, 5) is 9.90. The zero-order valence-electron chi connectivity index (χ0n) is 10.6. The number of halogens is 1. The summed E-state index contributed by atoms with van der Waals surface area (Å²) in [6.07, 6.45) is 0. The van der Waals surface area contributed by atoms with E-state index in [4.69, 9.17) is 27.0 Å². The third-order valence-corrected chi connectivity index (χ3v) is 3.39. The lowest BCUT2D eigenvalue weighted by Gasteiger charge is -2.00. The molecule has 0 saturated carbocycles. The summed E-state index contributed by atoms with van der Waals surface area (Å²) < 4.78 is 29.9. The zero-order valence-corrected chi connectivity index (χ0v) is 12.2. The fourth-order valence-corrected chi connectivity index (χ4v) is 2.26. The molecule has 8 heteroatoms. The lowest BCUT2D eigenvalue weighted by atomic mass is 10.2. The Morgan fingerprint density at radius 2 is 1.71 bits per heavy atom. The maximum Gasteiger partial charge on any atom is 0.337 e. The van der Waals surface area contributed by atoms with Crippen molar-refractivity contribution < 1.29 is 22.9 Å². The van der Waals surface area contributed by atoms with Crippen molar-refractivity contribution in [3.8, 4) is 0 Å². The molecule has 0 aliphatic rings. The molecule has 0 amide bonds. The van der Waals surface area contributed by atoms with Gasteiger partial charge in [0.2, 0.25) is 0 Å². The highest BCUT2D eigenvalue weighted by Gasteiger charge is 2.18. The van der Waals surface area contributed by atoms with Crippen LogP contribution in [0.15, 0.2) is 53.4 Å². The number of aromatic carboxylic acids is 1. The van der Waals surface area contributed by atoms with E-state index >= 15 is 0 Å². The normalized spacial score (nSPS) is 10.4. The van der Waals surface area contributed by atoms with Gasteiger partial charge in [-0.15, -0.1) is 0 Å². The van der Waals surface area contributed by atoms with Crippen molar-refractivity contribution in [3.63, 3.8) is 0 Å². The Balaban J connectivity index is 0.000000235. The Hall–Kier alpha value is -2.09. The highest BCUT2D eigenvalue weighted by atomic mass is 35.5. The second kappa shape index (κ2) is 7.07. The lowest BCUT2D eigenvalue weighted by molar-refractivity contribution is 0.0692. The number of carbonyl (C=O) groups is 1. The molecule has 2 rings (SSSR count). The van der Waals surface area contributed by atoms with Crippen LogP contribution in [0.2, 0.25) is 5.02 Å². The Morgan fingerprint density at radius 3 is 2.10 bits per heavy atom. The Bertz CT molecular complexity index is 728. The molecule has 21 heavy (non-hydrogen) atoms. The molecule has 0 radical (unpaired) electrons. The third-order valence-electron chi connectivity index (χ3n) is 2.24. The molecular formula is C13H12ClNO5S. The van der Waals surface area contributed by atoms with Gasteiger partial charge in [0, 0.05) is 10.7 Å². The Labute approximate surface area is 126 Å². The monoisotopic (exact) mass is 329 g/mol. The number of nitrogens with two attached hydrogens (primary N) is 1. The molecule has 0 fully saturated rings. The fraction of sp³-hybridized carbons (Fsp3) is 0. The summed E-state index contributed by atoms with van der Waals surface area (Å²) in [7, 11) is -4.46. The van der Waals surface area contributed by atoms with Crippen LogP contribution in [0.3, 0.4) is 0 Å².